The predicted octanol–water partition coefficient (Wildman–Crippen LogP) is 2.98. The topological polar surface area (TPSA) is 83.7 Å². The van der Waals surface area contributed by atoms with Gasteiger partial charge in [-0.1, -0.05) is 24.3 Å². The van der Waals surface area contributed by atoms with E-state index in [-0.39, 0.29) is 12.3 Å². The minimum absolute atomic E-state index is 0.144. The molecular formula is C20H22FN3O3S. The minimum Gasteiger partial charge on any atom is -0.459 e. The highest BCUT2D eigenvalue weighted by atomic mass is 32.2. The van der Waals surface area contributed by atoms with Gasteiger partial charge in [0.1, 0.15) is 17.2 Å². The lowest BCUT2D eigenvalue weighted by atomic mass is 10.1. The molecule has 2 aromatic carbocycles. The van der Waals surface area contributed by atoms with E-state index in [1.807, 2.05) is 30.3 Å². The summed E-state index contributed by atoms with van der Waals surface area (Å²) in [5, 5.41) is 7.23. The number of aliphatic imine (C=N–C) groups is 1. The molecule has 0 saturated carbocycles. The van der Waals surface area contributed by atoms with Crippen LogP contribution in [0.1, 0.15) is 16.9 Å². The molecule has 0 radical (unpaired) electrons. The van der Waals surface area contributed by atoms with Gasteiger partial charge in [0.05, 0.1) is 12.3 Å². The summed E-state index contributed by atoms with van der Waals surface area (Å²) in [6.07, 6.45) is 1.15. The largest absolute Gasteiger partial charge is 0.459 e. The van der Waals surface area contributed by atoms with Gasteiger partial charge in [0.15, 0.2) is 15.8 Å². The molecule has 0 saturated heterocycles. The number of halogens is 1. The number of nitrogens with one attached hydrogen (secondary N) is 2. The van der Waals surface area contributed by atoms with E-state index in [0.717, 1.165) is 23.0 Å². The number of sulfone groups is 1. The molecule has 0 fully saturated rings. The van der Waals surface area contributed by atoms with E-state index in [9.17, 15) is 12.8 Å². The number of hydrogen-bond acceptors (Lipinski definition) is 4. The quantitative estimate of drug-likeness (QED) is 0.488. The molecule has 8 heteroatoms. The number of fused-ring (bicyclic) bond motifs is 1. The van der Waals surface area contributed by atoms with Gasteiger partial charge in [-0.2, -0.15) is 0 Å². The molecule has 148 valence electrons. The van der Waals surface area contributed by atoms with Gasteiger partial charge >= 0.3 is 0 Å². The van der Waals surface area contributed by atoms with Crippen molar-refractivity contribution in [2.24, 2.45) is 4.99 Å². The Morgan fingerprint density at radius 2 is 1.82 bits per heavy atom. The maximum absolute atomic E-state index is 13.6. The van der Waals surface area contributed by atoms with Crippen LogP contribution in [0.4, 0.5) is 4.39 Å². The molecule has 0 aliphatic heterocycles. The Bertz CT molecular complexity index is 1070. The molecule has 0 bridgehead atoms. The number of nitrogens with zero attached hydrogens (tertiary/aromatic N) is 1. The zero-order valence-corrected chi connectivity index (χ0v) is 16.5. The fraction of sp³-hybridized carbons (Fsp3) is 0.250. The van der Waals surface area contributed by atoms with Crippen LogP contribution in [0.25, 0.3) is 11.0 Å². The lowest BCUT2D eigenvalue weighted by molar-refractivity contribution is 0.538. The van der Waals surface area contributed by atoms with Gasteiger partial charge < -0.3 is 15.1 Å². The van der Waals surface area contributed by atoms with Gasteiger partial charge in [0.25, 0.3) is 0 Å². The van der Waals surface area contributed by atoms with Crippen LogP contribution in [0, 0.1) is 5.82 Å². The maximum Gasteiger partial charge on any atom is 0.191 e. The van der Waals surface area contributed by atoms with Crippen LogP contribution < -0.4 is 10.6 Å². The van der Waals surface area contributed by atoms with Crippen LogP contribution in [0.5, 0.6) is 0 Å². The van der Waals surface area contributed by atoms with Crippen molar-refractivity contribution >= 4 is 26.8 Å². The summed E-state index contributed by atoms with van der Waals surface area (Å²) >= 11 is 0. The van der Waals surface area contributed by atoms with Crippen LogP contribution in [-0.4, -0.2) is 27.7 Å². The average Bonchev–Trinajstić information content (AvgIpc) is 3.05. The molecule has 3 rings (SSSR count). The third-order valence-electron chi connectivity index (χ3n) is 4.16. The molecule has 0 aliphatic carbocycles. The summed E-state index contributed by atoms with van der Waals surface area (Å²) < 4.78 is 42.6. The summed E-state index contributed by atoms with van der Waals surface area (Å²) in [4.78, 5) is 4.14. The molecule has 0 spiro atoms. The fourth-order valence-corrected chi connectivity index (χ4v) is 3.72. The normalized spacial score (nSPS) is 12.3. The lowest BCUT2D eigenvalue weighted by Gasteiger charge is -2.13. The maximum atomic E-state index is 13.6. The zero-order valence-electron chi connectivity index (χ0n) is 15.7. The number of guanidine groups is 1. The standard InChI is InChI=1S/C20H22FN3O3S/c1-22-20(24-12-18-10-14-5-3-4-6-19(14)27-18)23-11-16-9-17(21)8-7-15(16)13-28(2,25)26/h3-10H,11-13H2,1-2H3,(H2,22,23,24). The first kappa shape index (κ1) is 19.9. The smallest absolute Gasteiger partial charge is 0.191 e. The highest BCUT2D eigenvalue weighted by molar-refractivity contribution is 7.89. The van der Waals surface area contributed by atoms with Crippen LogP contribution in [0.15, 0.2) is 57.9 Å². The molecule has 3 aromatic rings. The Morgan fingerprint density at radius 3 is 2.54 bits per heavy atom. The molecule has 1 aromatic heterocycles. The molecule has 0 amide bonds. The van der Waals surface area contributed by atoms with Crippen molar-refractivity contribution in [3.05, 3.63) is 71.2 Å². The van der Waals surface area contributed by atoms with E-state index < -0.39 is 15.7 Å². The SMILES string of the molecule is CN=C(NCc1cc2ccccc2o1)NCc1cc(F)ccc1CS(C)(=O)=O. The first-order valence-electron chi connectivity index (χ1n) is 8.71. The van der Waals surface area contributed by atoms with E-state index in [4.69, 9.17) is 4.42 Å². The number of para-hydroxylation sites is 1. The summed E-state index contributed by atoms with van der Waals surface area (Å²) in [6, 6.07) is 13.8. The Hall–Kier alpha value is -2.87. The monoisotopic (exact) mass is 403 g/mol. The van der Waals surface area contributed by atoms with Gasteiger partial charge in [-0.25, -0.2) is 12.8 Å². The molecule has 0 aliphatic rings. The molecule has 1 heterocycles. The number of hydrogen-bond donors (Lipinski definition) is 2. The first-order chi connectivity index (χ1) is 13.3. The molecular weight excluding hydrogens is 381 g/mol. The molecule has 6 nitrogen and oxygen atoms in total. The number of benzene rings is 2. The number of rotatable bonds is 6. The van der Waals surface area contributed by atoms with E-state index >= 15 is 0 Å². The van der Waals surface area contributed by atoms with Crippen molar-refractivity contribution < 1.29 is 17.2 Å². The van der Waals surface area contributed by atoms with Crippen molar-refractivity contribution in [3.8, 4) is 0 Å². The average molecular weight is 403 g/mol. The molecule has 0 atom stereocenters. The van der Waals surface area contributed by atoms with Crippen molar-refractivity contribution in [2.45, 2.75) is 18.8 Å². The fourth-order valence-electron chi connectivity index (χ4n) is 2.88. The van der Waals surface area contributed by atoms with Crippen molar-refractivity contribution in [1.29, 1.82) is 0 Å². The third-order valence-corrected chi connectivity index (χ3v) is 5.00. The zero-order chi connectivity index (χ0) is 20.1. The predicted molar refractivity (Wildman–Crippen MR) is 108 cm³/mol. The van der Waals surface area contributed by atoms with Gasteiger partial charge in [-0.15, -0.1) is 0 Å². The van der Waals surface area contributed by atoms with Gasteiger partial charge in [0.2, 0.25) is 0 Å². The third kappa shape index (κ3) is 5.32. The van der Waals surface area contributed by atoms with E-state index in [1.165, 1.54) is 18.2 Å². The van der Waals surface area contributed by atoms with E-state index in [1.54, 1.807) is 7.05 Å². The van der Waals surface area contributed by atoms with Crippen molar-refractivity contribution in [3.63, 3.8) is 0 Å². The van der Waals surface area contributed by atoms with Crippen LogP contribution in [-0.2, 0) is 28.7 Å². The van der Waals surface area contributed by atoms with Gasteiger partial charge in [0, 0.05) is 25.2 Å². The second kappa shape index (κ2) is 8.43. The first-order valence-corrected chi connectivity index (χ1v) is 10.8. The second-order valence-electron chi connectivity index (χ2n) is 6.51. The van der Waals surface area contributed by atoms with Crippen LogP contribution in [0.3, 0.4) is 0 Å². The van der Waals surface area contributed by atoms with Crippen LogP contribution in [0.2, 0.25) is 0 Å². The Morgan fingerprint density at radius 1 is 1.07 bits per heavy atom. The van der Waals surface area contributed by atoms with Gasteiger partial charge in [-0.3, -0.25) is 4.99 Å². The summed E-state index contributed by atoms with van der Waals surface area (Å²) in [6.45, 7) is 0.663. The number of furan rings is 1. The highest BCUT2D eigenvalue weighted by Gasteiger charge is 2.11. The highest BCUT2D eigenvalue weighted by Crippen LogP contribution is 2.18. The lowest BCUT2D eigenvalue weighted by Crippen LogP contribution is -2.36. The van der Waals surface area contributed by atoms with Crippen molar-refractivity contribution in [1.82, 2.24) is 10.6 Å². The van der Waals surface area contributed by atoms with Gasteiger partial charge in [-0.05, 0) is 35.4 Å². The summed E-state index contributed by atoms with van der Waals surface area (Å²) in [5.74, 6) is 0.692. The Balaban J connectivity index is 1.64. The Labute approximate surface area is 163 Å². The second-order valence-corrected chi connectivity index (χ2v) is 8.65. The van der Waals surface area contributed by atoms with E-state index in [2.05, 4.69) is 15.6 Å². The van der Waals surface area contributed by atoms with E-state index in [0.29, 0.717) is 23.6 Å². The van der Waals surface area contributed by atoms with Crippen molar-refractivity contribution in [2.75, 3.05) is 13.3 Å². The minimum atomic E-state index is -3.22. The molecule has 28 heavy (non-hydrogen) atoms. The summed E-state index contributed by atoms with van der Waals surface area (Å²) in [5.41, 5.74) is 1.94. The van der Waals surface area contributed by atoms with Crippen LogP contribution >= 0.6 is 0 Å². The summed E-state index contributed by atoms with van der Waals surface area (Å²) in [7, 11) is -1.60. The molecule has 0 unspecified atom stereocenters. The Kier molecular flexibility index (Phi) is 5.99. The molecule has 2 N–H and O–H groups in total.